The van der Waals surface area contributed by atoms with Crippen LogP contribution in [0.5, 0.6) is 0 Å². The summed E-state index contributed by atoms with van der Waals surface area (Å²) in [6, 6.07) is 0. The smallest absolute Gasteiger partial charge is 0.187 e. The number of rotatable bonds is 13. The molecular formula is C49H80O19. The van der Waals surface area contributed by atoms with E-state index in [1.54, 1.807) is 6.92 Å². The van der Waals surface area contributed by atoms with Gasteiger partial charge in [-0.1, -0.05) is 25.5 Å². The van der Waals surface area contributed by atoms with Gasteiger partial charge in [-0.05, 0) is 108 Å². The summed E-state index contributed by atoms with van der Waals surface area (Å²) >= 11 is 0. The highest BCUT2D eigenvalue weighted by molar-refractivity contribution is 5.23. The van der Waals surface area contributed by atoms with E-state index in [2.05, 4.69) is 33.8 Å². The lowest BCUT2D eigenvalue weighted by atomic mass is 9.44. The van der Waals surface area contributed by atoms with E-state index >= 15 is 0 Å². The van der Waals surface area contributed by atoms with Crippen molar-refractivity contribution in [3.8, 4) is 0 Å². The quantitative estimate of drug-likeness (QED) is 0.109. The van der Waals surface area contributed by atoms with Crippen LogP contribution in [0.15, 0.2) is 11.6 Å². The van der Waals surface area contributed by atoms with Crippen molar-refractivity contribution in [3.63, 3.8) is 0 Å². The van der Waals surface area contributed by atoms with Gasteiger partial charge in [0.1, 0.15) is 67.1 Å². The maximum absolute atomic E-state index is 12.1. The minimum absolute atomic E-state index is 0.000381. The normalized spacial score (nSPS) is 53.4. The third-order valence-corrected chi connectivity index (χ3v) is 18.3. The van der Waals surface area contributed by atoms with Crippen LogP contribution in [0, 0.1) is 46.3 Å². The summed E-state index contributed by atoms with van der Waals surface area (Å²) in [6.45, 7) is 12.1. The summed E-state index contributed by atoms with van der Waals surface area (Å²) in [7, 11) is 0. The van der Waals surface area contributed by atoms with Crippen LogP contribution in [0.1, 0.15) is 99.3 Å². The van der Waals surface area contributed by atoms with Gasteiger partial charge in [-0.2, -0.15) is 0 Å². The molecule has 0 amide bonds. The van der Waals surface area contributed by atoms with E-state index in [9.17, 15) is 51.1 Å². The first-order chi connectivity index (χ1) is 32.1. The molecule has 26 atom stereocenters. The molecule has 0 aromatic heterocycles. The van der Waals surface area contributed by atoms with Crippen molar-refractivity contribution in [3.05, 3.63) is 11.6 Å². The highest BCUT2D eigenvalue weighted by Gasteiger charge is 2.77. The third kappa shape index (κ3) is 9.10. The fourth-order valence-corrected chi connectivity index (χ4v) is 15.1. The van der Waals surface area contributed by atoms with E-state index in [4.69, 9.17) is 42.6 Å². The van der Waals surface area contributed by atoms with E-state index in [0.717, 1.165) is 44.9 Å². The van der Waals surface area contributed by atoms with Gasteiger partial charge in [0.05, 0.1) is 50.3 Å². The zero-order chi connectivity index (χ0) is 48.8. The fraction of sp³-hybridized carbons (Fsp3) is 0.959. The summed E-state index contributed by atoms with van der Waals surface area (Å²) in [4.78, 5) is 0. The van der Waals surface area contributed by atoms with Crippen molar-refractivity contribution in [1.29, 1.82) is 0 Å². The Bertz CT molecular complexity index is 1760. The molecule has 0 aromatic carbocycles. The van der Waals surface area contributed by atoms with Crippen LogP contribution in [0.3, 0.4) is 0 Å². The number of hydrogen-bond donors (Lipinski definition) is 10. The van der Waals surface area contributed by atoms with Gasteiger partial charge >= 0.3 is 0 Å². The van der Waals surface area contributed by atoms with Crippen molar-refractivity contribution < 1.29 is 93.7 Å². The Balaban J connectivity index is 0.825. The summed E-state index contributed by atoms with van der Waals surface area (Å²) in [5.41, 5.74) is 0.223. The van der Waals surface area contributed by atoms with E-state index in [-0.39, 0.29) is 35.6 Å². The first-order valence-electron chi connectivity index (χ1n) is 25.3. The van der Waals surface area contributed by atoms with Crippen LogP contribution in [0.25, 0.3) is 0 Å². The molecule has 4 saturated carbocycles. The third-order valence-electron chi connectivity index (χ3n) is 18.3. The Kier molecular flexibility index (Phi) is 15.0. The Morgan fingerprint density at radius 3 is 2.13 bits per heavy atom. The second-order valence-corrected chi connectivity index (χ2v) is 23.2. The van der Waals surface area contributed by atoms with Crippen LogP contribution in [-0.4, -0.2) is 200 Å². The first-order valence-corrected chi connectivity index (χ1v) is 25.3. The molecule has 9 fully saturated rings. The first kappa shape index (κ1) is 51.9. The van der Waals surface area contributed by atoms with E-state index in [1.807, 2.05) is 6.92 Å². The number of ether oxygens (including phenoxy) is 9. The SMILES string of the molecule is CC(C)=CC1CC(C)(O)C2C3CCC4C5CCC(OCCC(C)OC6OC(COC7OC(CO)C(O)C(O)C7O)C(O)C(O)C6OC6OCC(O)C(O)C6O)C(C)(C)C5CCC4C34COC2(C4)O1. The predicted octanol–water partition coefficient (Wildman–Crippen LogP) is -0.0183. The standard InChI is InChI=1S/C49H80O19/c1-22(2)15-24-16-47(6,59)42-29-9-7-26-25-8-12-33(46(4,5)27(25)10-11-28(26)48(29)20-49(42,68-24)63-21-48)60-14-13-23(3)64-45-41(67-44-39(57)34(52)30(51)18-61-44)38(56)36(54)32(66-45)19-62-43-40(58)37(55)35(53)31(17-50)65-43/h15,23-45,50-59H,7-14,16-21H2,1-6H3. The van der Waals surface area contributed by atoms with E-state index in [1.165, 1.54) is 5.57 Å². The van der Waals surface area contributed by atoms with E-state index in [0.29, 0.717) is 55.6 Å². The fourth-order valence-electron chi connectivity index (χ4n) is 15.1. The number of aliphatic hydroxyl groups excluding tert-OH is 9. The topological polar surface area (TPSA) is 285 Å². The maximum atomic E-state index is 12.1. The molecule has 68 heavy (non-hydrogen) atoms. The van der Waals surface area contributed by atoms with Crippen LogP contribution in [-0.2, 0) is 42.6 Å². The number of allylic oxidation sites excluding steroid dienone is 1. The molecule has 5 saturated heterocycles. The molecule has 19 heteroatoms. The minimum Gasteiger partial charge on any atom is -0.394 e. The molecule has 4 aliphatic carbocycles. The molecule has 2 bridgehead atoms. The Labute approximate surface area is 398 Å². The van der Waals surface area contributed by atoms with Gasteiger partial charge in [0, 0.05) is 30.8 Å². The zero-order valence-electron chi connectivity index (χ0n) is 40.4. The van der Waals surface area contributed by atoms with Crippen LogP contribution in [0.2, 0.25) is 0 Å². The lowest BCUT2D eigenvalue weighted by Gasteiger charge is -2.62. The van der Waals surface area contributed by atoms with Crippen LogP contribution >= 0.6 is 0 Å². The number of fused-ring (bicyclic) bond motifs is 4. The lowest BCUT2D eigenvalue weighted by molar-refractivity contribution is -0.368. The molecule has 9 rings (SSSR count). The van der Waals surface area contributed by atoms with E-state index < -0.39 is 117 Å². The predicted molar refractivity (Wildman–Crippen MR) is 236 cm³/mol. The van der Waals surface area contributed by atoms with Crippen molar-refractivity contribution in [2.75, 3.05) is 33.0 Å². The Hall–Kier alpha value is -1.02. The van der Waals surface area contributed by atoms with Crippen molar-refractivity contribution in [2.24, 2.45) is 46.3 Å². The van der Waals surface area contributed by atoms with Gasteiger partial charge in [0.2, 0.25) is 0 Å². The molecule has 5 aliphatic heterocycles. The molecule has 2 spiro atoms. The average Bonchev–Trinajstić information content (AvgIpc) is 3.80. The summed E-state index contributed by atoms with van der Waals surface area (Å²) in [5.74, 6) is 1.77. The molecule has 10 N–H and O–H groups in total. The molecule has 0 radical (unpaired) electrons. The van der Waals surface area contributed by atoms with Crippen molar-refractivity contribution in [2.45, 2.75) is 215 Å². The molecule has 5 heterocycles. The summed E-state index contributed by atoms with van der Waals surface area (Å²) in [5, 5.41) is 106. The number of hydrogen-bond acceptors (Lipinski definition) is 19. The average molecular weight is 973 g/mol. The van der Waals surface area contributed by atoms with Crippen LogP contribution < -0.4 is 0 Å². The molecule has 26 unspecified atom stereocenters. The zero-order valence-corrected chi connectivity index (χ0v) is 40.4. The van der Waals surface area contributed by atoms with Gasteiger partial charge in [0.15, 0.2) is 24.7 Å². The van der Waals surface area contributed by atoms with Gasteiger partial charge in [-0.15, -0.1) is 0 Å². The molecule has 0 aromatic rings. The lowest BCUT2D eigenvalue weighted by Crippen LogP contribution is -2.64. The van der Waals surface area contributed by atoms with Gasteiger partial charge in [-0.25, -0.2) is 0 Å². The summed E-state index contributed by atoms with van der Waals surface area (Å²) < 4.78 is 55.3. The largest absolute Gasteiger partial charge is 0.394 e. The maximum Gasteiger partial charge on any atom is 0.187 e. The van der Waals surface area contributed by atoms with Crippen LogP contribution in [0.4, 0.5) is 0 Å². The monoisotopic (exact) mass is 973 g/mol. The molecule has 19 nitrogen and oxygen atoms in total. The highest BCUT2D eigenvalue weighted by Crippen LogP contribution is 2.74. The minimum atomic E-state index is -1.73. The molecule has 9 aliphatic rings. The second kappa shape index (κ2) is 19.7. The molecule has 390 valence electrons. The number of aliphatic hydroxyl groups is 10. The van der Waals surface area contributed by atoms with Gasteiger partial charge in [0.25, 0.3) is 0 Å². The summed E-state index contributed by atoms with van der Waals surface area (Å²) in [6.07, 6.45) is -12.0. The van der Waals surface area contributed by atoms with Gasteiger partial charge < -0.3 is 93.7 Å². The van der Waals surface area contributed by atoms with Crippen molar-refractivity contribution in [1.82, 2.24) is 0 Å². The Morgan fingerprint density at radius 2 is 1.40 bits per heavy atom. The molecular weight excluding hydrogens is 893 g/mol. The second-order valence-electron chi connectivity index (χ2n) is 23.2. The van der Waals surface area contributed by atoms with Crippen molar-refractivity contribution >= 4 is 0 Å². The highest BCUT2D eigenvalue weighted by atomic mass is 16.8. The van der Waals surface area contributed by atoms with Gasteiger partial charge in [-0.3, -0.25) is 0 Å². The Morgan fingerprint density at radius 1 is 0.735 bits per heavy atom.